The first-order valence-electron chi connectivity index (χ1n) is 14.5. The Morgan fingerprint density at radius 1 is 1.07 bits per heavy atom. The van der Waals surface area contributed by atoms with Crippen LogP contribution < -0.4 is 21.7 Å². The van der Waals surface area contributed by atoms with Crippen molar-refractivity contribution < 1.29 is 22.8 Å². The van der Waals surface area contributed by atoms with Crippen molar-refractivity contribution in [1.29, 1.82) is 5.41 Å². The monoisotopic (exact) mass is 607 g/mol. The van der Waals surface area contributed by atoms with E-state index in [0.717, 1.165) is 49.6 Å². The number of halogens is 3. The van der Waals surface area contributed by atoms with Gasteiger partial charge >= 0.3 is 6.18 Å². The minimum atomic E-state index is -4.57. The zero-order valence-corrected chi connectivity index (χ0v) is 24.4. The topological polar surface area (TPSA) is 146 Å². The summed E-state index contributed by atoms with van der Waals surface area (Å²) in [4.78, 5) is 33.2. The molecule has 0 radical (unpaired) electrons. The van der Waals surface area contributed by atoms with Crippen molar-refractivity contribution in [3.05, 3.63) is 88.8 Å². The molecule has 12 heteroatoms. The summed E-state index contributed by atoms with van der Waals surface area (Å²) in [6.07, 6.45) is 7.77. The molecule has 0 spiro atoms. The lowest BCUT2D eigenvalue weighted by molar-refractivity contribution is -0.137. The highest BCUT2D eigenvalue weighted by molar-refractivity contribution is 6.17. The van der Waals surface area contributed by atoms with Gasteiger partial charge in [-0.15, -0.1) is 0 Å². The normalized spacial score (nSPS) is 17.5. The van der Waals surface area contributed by atoms with Crippen molar-refractivity contribution >= 4 is 34.8 Å². The Kier molecular flexibility index (Phi) is 10.7. The molecular weight excluding hydrogens is 571 g/mol. The average Bonchev–Trinajstić information content (AvgIpc) is 2.98. The van der Waals surface area contributed by atoms with Gasteiger partial charge in [0.15, 0.2) is 0 Å². The molecule has 44 heavy (non-hydrogen) atoms. The first-order valence-corrected chi connectivity index (χ1v) is 14.5. The van der Waals surface area contributed by atoms with Crippen LogP contribution in [0, 0.1) is 5.41 Å². The minimum Gasteiger partial charge on any atom is -0.384 e. The van der Waals surface area contributed by atoms with E-state index < -0.39 is 17.6 Å². The van der Waals surface area contributed by atoms with Crippen LogP contribution in [-0.4, -0.2) is 40.1 Å². The van der Waals surface area contributed by atoms with Crippen LogP contribution in [0.1, 0.15) is 78.1 Å². The standard InChI is InChI=1S/C32H36F3N7O2/c1-20-14-16-39-29-23(8-6-4-2-3-5-7-9-26(43)41-20)19-40-30(37)27(29)28(36)21-10-12-22(13-11-21)31(44)42-25-18-24(15-17-38-25)32(33,34)35/h4,6,10-13,15,17-20,36,39H,2-3,5,7-9,14,16H2,1H3,(H2,37,40)(H,41,43)(H,38,42,44)/b6-4-,36-28?/t20-/m1/s1. The van der Waals surface area contributed by atoms with E-state index in [4.69, 9.17) is 11.1 Å². The molecule has 0 aliphatic carbocycles. The number of fused-ring (bicyclic) bond motifs is 1. The number of nitrogens with one attached hydrogen (secondary N) is 4. The van der Waals surface area contributed by atoms with Gasteiger partial charge in [0.1, 0.15) is 11.6 Å². The number of aromatic nitrogens is 2. The number of anilines is 3. The Bertz CT molecular complexity index is 1520. The number of pyridine rings is 2. The average molecular weight is 608 g/mol. The lowest BCUT2D eigenvalue weighted by Crippen LogP contribution is -2.33. The third-order valence-corrected chi connectivity index (χ3v) is 7.27. The number of nitrogens with zero attached hydrogens (tertiary/aromatic N) is 2. The van der Waals surface area contributed by atoms with E-state index in [1.807, 2.05) is 6.92 Å². The van der Waals surface area contributed by atoms with E-state index in [9.17, 15) is 22.8 Å². The molecule has 6 N–H and O–H groups in total. The molecular formula is C32H36F3N7O2. The highest BCUT2D eigenvalue weighted by atomic mass is 19.4. The van der Waals surface area contributed by atoms with Gasteiger partial charge in [0.2, 0.25) is 5.91 Å². The fraction of sp³-hybridized carbons (Fsp3) is 0.344. The largest absolute Gasteiger partial charge is 0.416 e. The van der Waals surface area contributed by atoms with E-state index in [-0.39, 0.29) is 34.9 Å². The number of rotatable bonds is 4. The Hall–Kier alpha value is -4.74. The van der Waals surface area contributed by atoms with Crippen molar-refractivity contribution in [2.45, 2.75) is 64.1 Å². The molecule has 3 aromatic rings. The Morgan fingerprint density at radius 2 is 1.82 bits per heavy atom. The number of hydrogen-bond acceptors (Lipinski definition) is 7. The number of allylic oxidation sites excluding steroid dienone is 2. The lowest BCUT2D eigenvalue weighted by Gasteiger charge is -2.20. The highest BCUT2D eigenvalue weighted by Crippen LogP contribution is 2.31. The van der Waals surface area contributed by atoms with Gasteiger partial charge in [-0.05, 0) is 68.9 Å². The summed E-state index contributed by atoms with van der Waals surface area (Å²) >= 11 is 0. The number of carbonyl (C=O) groups is 2. The predicted octanol–water partition coefficient (Wildman–Crippen LogP) is 6.12. The Morgan fingerprint density at radius 3 is 2.57 bits per heavy atom. The van der Waals surface area contributed by atoms with Crippen LogP contribution in [-0.2, 0) is 17.4 Å². The number of amides is 2. The molecule has 0 unspecified atom stereocenters. The van der Waals surface area contributed by atoms with Gasteiger partial charge in [0.25, 0.3) is 5.91 Å². The third kappa shape index (κ3) is 8.65. The lowest BCUT2D eigenvalue weighted by atomic mass is 9.97. The molecule has 1 aliphatic heterocycles. The molecule has 0 fully saturated rings. The van der Waals surface area contributed by atoms with E-state index in [2.05, 4.69) is 38.1 Å². The number of nitrogens with two attached hydrogens (primary N) is 1. The molecule has 9 nitrogen and oxygen atoms in total. The summed E-state index contributed by atoms with van der Waals surface area (Å²) in [7, 11) is 0. The van der Waals surface area contributed by atoms with Crippen molar-refractivity contribution in [3.8, 4) is 0 Å². The first-order chi connectivity index (χ1) is 21.0. The summed E-state index contributed by atoms with van der Waals surface area (Å²) < 4.78 is 39.1. The van der Waals surface area contributed by atoms with E-state index in [1.165, 1.54) is 12.1 Å². The van der Waals surface area contributed by atoms with Gasteiger partial charge in [-0.25, -0.2) is 9.97 Å². The van der Waals surface area contributed by atoms with Gasteiger partial charge < -0.3 is 21.7 Å². The van der Waals surface area contributed by atoms with Crippen LogP contribution in [0.15, 0.2) is 60.9 Å². The van der Waals surface area contributed by atoms with Gasteiger partial charge in [0, 0.05) is 42.5 Å². The number of nitrogen functional groups attached to an aromatic ring is 1. The van der Waals surface area contributed by atoms with E-state index >= 15 is 0 Å². The maximum absolute atomic E-state index is 13.0. The molecule has 1 aliphatic rings. The van der Waals surface area contributed by atoms with Gasteiger partial charge in [-0.1, -0.05) is 30.7 Å². The molecule has 0 bridgehead atoms. The van der Waals surface area contributed by atoms with Gasteiger partial charge in [0.05, 0.1) is 22.5 Å². The number of benzene rings is 1. The summed E-state index contributed by atoms with van der Waals surface area (Å²) in [5.41, 5.74) is 8.08. The Labute approximate surface area is 254 Å². The van der Waals surface area contributed by atoms with Crippen molar-refractivity contribution in [2.24, 2.45) is 0 Å². The molecule has 3 heterocycles. The van der Waals surface area contributed by atoms with Crippen LogP contribution in [0.3, 0.4) is 0 Å². The van der Waals surface area contributed by atoms with Crippen LogP contribution in [0.4, 0.5) is 30.5 Å². The highest BCUT2D eigenvalue weighted by Gasteiger charge is 2.31. The summed E-state index contributed by atoms with van der Waals surface area (Å²) in [6.45, 7) is 2.47. The fourth-order valence-corrected chi connectivity index (χ4v) is 4.86. The van der Waals surface area contributed by atoms with Crippen molar-refractivity contribution in [2.75, 3.05) is 22.9 Å². The van der Waals surface area contributed by atoms with Crippen LogP contribution >= 0.6 is 0 Å². The van der Waals surface area contributed by atoms with E-state index in [0.29, 0.717) is 42.6 Å². The zero-order chi connectivity index (χ0) is 31.7. The maximum atomic E-state index is 13.0. The number of carbonyl (C=O) groups excluding carboxylic acids is 2. The smallest absolute Gasteiger partial charge is 0.384 e. The molecule has 0 saturated carbocycles. The van der Waals surface area contributed by atoms with Crippen molar-refractivity contribution in [1.82, 2.24) is 15.3 Å². The second kappa shape index (κ2) is 14.6. The maximum Gasteiger partial charge on any atom is 0.416 e. The second-order valence-electron chi connectivity index (χ2n) is 10.7. The molecule has 0 saturated heterocycles. The van der Waals surface area contributed by atoms with Crippen LogP contribution in [0.25, 0.3) is 0 Å². The summed E-state index contributed by atoms with van der Waals surface area (Å²) in [6, 6.07) is 7.64. The van der Waals surface area contributed by atoms with Crippen LogP contribution in [0.2, 0.25) is 0 Å². The zero-order valence-electron chi connectivity index (χ0n) is 24.4. The SMILES string of the molecule is C[C@@H]1CCNc2c(cnc(N)c2C(=N)c2ccc(C(=O)Nc3cc(C(F)(F)F)ccn3)cc2)C/C=C\CCCCCC(=O)N1. The quantitative estimate of drug-likeness (QED) is 0.179. The van der Waals surface area contributed by atoms with Crippen LogP contribution in [0.5, 0.6) is 0 Å². The first kappa shape index (κ1) is 32.2. The summed E-state index contributed by atoms with van der Waals surface area (Å²) in [5.74, 6) is -0.667. The molecule has 1 atom stereocenters. The summed E-state index contributed by atoms with van der Waals surface area (Å²) in [5, 5.41) is 17.9. The molecule has 4 rings (SSSR count). The minimum absolute atomic E-state index is 0.0414. The molecule has 232 valence electrons. The van der Waals surface area contributed by atoms with E-state index in [1.54, 1.807) is 18.3 Å². The number of alkyl halides is 3. The van der Waals surface area contributed by atoms with Crippen molar-refractivity contribution in [3.63, 3.8) is 0 Å². The second-order valence-corrected chi connectivity index (χ2v) is 10.7. The predicted molar refractivity (Wildman–Crippen MR) is 165 cm³/mol. The fourth-order valence-electron chi connectivity index (χ4n) is 4.86. The molecule has 2 amide bonds. The molecule has 2 aromatic heterocycles. The third-order valence-electron chi connectivity index (χ3n) is 7.27. The Balaban J connectivity index is 1.56. The van der Waals surface area contributed by atoms with Gasteiger partial charge in [-0.2, -0.15) is 13.2 Å². The number of hydrogen-bond donors (Lipinski definition) is 5. The van der Waals surface area contributed by atoms with Gasteiger partial charge in [-0.3, -0.25) is 15.0 Å². The molecule has 1 aromatic carbocycles.